The van der Waals surface area contributed by atoms with Gasteiger partial charge in [-0.15, -0.1) is 0 Å². The van der Waals surface area contributed by atoms with Gasteiger partial charge in [-0.05, 0) is 20.1 Å². The molecule has 0 aliphatic rings. The van der Waals surface area contributed by atoms with Crippen molar-refractivity contribution in [3.63, 3.8) is 0 Å². The number of rotatable bonds is 3. The summed E-state index contributed by atoms with van der Waals surface area (Å²) >= 11 is 1.53. The first kappa shape index (κ1) is 14.7. The van der Waals surface area contributed by atoms with Gasteiger partial charge in [0.2, 0.25) is 0 Å². The fourth-order valence-electron chi connectivity index (χ4n) is 2.11. The van der Waals surface area contributed by atoms with Gasteiger partial charge in [0.05, 0.1) is 0 Å². The molecule has 1 heterocycles. The first-order chi connectivity index (χ1) is 10.7. The number of thioether (sulfide) groups is 1. The molecule has 3 rings (SSSR count). The van der Waals surface area contributed by atoms with E-state index >= 15 is 0 Å². The van der Waals surface area contributed by atoms with Crippen molar-refractivity contribution < 1.29 is 0 Å². The minimum absolute atomic E-state index is 0.718. The lowest BCUT2D eigenvalue weighted by Crippen LogP contribution is -1.98. The van der Waals surface area contributed by atoms with Crippen LogP contribution in [0.15, 0.2) is 53.7 Å². The van der Waals surface area contributed by atoms with E-state index in [-0.39, 0.29) is 0 Å². The van der Waals surface area contributed by atoms with Gasteiger partial charge < -0.3 is 0 Å². The molecule has 0 aliphatic heterocycles. The first-order valence-electron chi connectivity index (χ1n) is 7.10. The number of benzene rings is 2. The molecule has 22 heavy (non-hydrogen) atoms. The van der Waals surface area contributed by atoms with Crippen molar-refractivity contribution in [2.45, 2.75) is 19.0 Å². The summed E-state index contributed by atoms with van der Waals surface area (Å²) < 4.78 is 0. The van der Waals surface area contributed by atoms with Crippen molar-refractivity contribution >= 4 is 11.8 Å². The van der Waals surface area contributed by atoms with Crippen LogP contribution in [0.25, 0.3) is 22.8 Å². The molecule has 3 aromatic rings. The predicted octanol–water partition coefficient (Wildman–Crippen LogP) is 4.54. The Morgan fingerprint density at radius 3 is 1.41 bits per heavy atom. The van der Waals surface area contributed by atoms with E-state index in [0.717, 1.165) is 27.9 Å². The Morgan fingerprint density at radius 2 is 1.05 bits per heavy atom. The minimum atomic E-state index is 0.718. The molecule has 110 valence electrons. The highest BCUT2D eigenvalue weighted by Crippen LogP contribution is 2.23. The molecule has 2 aromatic carbocycles. The Hall–Kier alpha value is -2.20. The highest BCUT2D eigenvalue weighted by Gasteiger charge is 2.09. The molecule has 0 aliphatic carbocycles. The van der Waals surface area contributed by atoms with Gasteiger partial charge in [-0.3, -0.25) is 0 Å². The number of aromatic nitrogens is 3. The van der Waals surface area contributed by atoms with Crippen molar-refractivity contribution in [3.8, 4) is 22.8 Å². The maximum atomic E-state index is 4.65. The van der Waals surface area contributed by atoms with Gasteiger partial charge in [0, 0.05) is 11.1 Å². The summed E-state index contributed by atoms with van der Waals surface area (Å²) in [4.78, 5) is 13.7. The van der Waals surface area contributed by atoms with Gasteiger partial charge in [-0.2, -0.15) is 0 Å². The number of nitrogens with zero attached hydrogens (tertiary/aromatic N) is 3. The molecule has 0 saturated heterocycles. The second kappa shape index (κ2) is 6.28. The van der Waals surface area contributed by atoms with E-state index in [2.05, 4.69) is 53.1 Å². The highest BCUT2D eigenvalue weighted by molar-refractivity contribution is 7.98. The molecule has 4 heteroatoms. The normalized spacial score (nSPS) is 10.7. The van der Waals surface area contributed by atoms with Crippen LogP contribution >= 0.6 is 11.8 Å². The summed E-state index contributed by atoms with van der Waals surface area (Å²) in [5.74, 6) is 1.44. The lowest BCUT2D eigenvalue weighted by molar-refractivity contribution is 0.923. The predicted molar refractivity (Wildman–Crippen MR) is 92.0 cm³/mol. The SMILES string of the molecule is CSc1nc(-c2ccc(C)cc2)nc(-c2ccc(C)cc2)n1. The van der Waals surface area contributed by atoms with E-state index in [1.165, 1.54) is 22.9 Å². The highest BCUT2D eigenvalue weighted by atomic mass is 32.2. The van der Waals surface area contributed by atoms with E-state index in [9.17, 15) is 0 Å². The Labute approximate surface area is 134 Å². The second-order valence-electron chi connectivity index (χ2n) is 5.20. The van der Waals surface area contributed by atoms with Crippen LogP contribution < -0.4 is 0 Å². The summed E-state index contributed by atoms with van der Waals surface area (Å²) in [6, 6.07) is 16.5. The Bertz CT molecular complexity index is 717. The molecule has 0 fully saturated rings. The molecule has 0 atom stereocenters. The number of hydrogen-bond donors (Lipinski definition) is 0. The average Bonchev–Trinajstić information content (AvgIpc) is 2.55. The molecule has 0 unspecified atom stereocenters. The largest absolute Gasteiger partial charge is 0.208 e. The summed E-state index contributed by atoms with van der Waals surface area (Å²) in [6.07, 6.45) is 1.98. The number of aryl methyl sites for hydroxylation is 2. The summed E-state index contributed by atoms with van der Waals surface area (Å²) in [6.45, 7) is 4.14. The average molecular weight is 307 g/mol. The zero-order valence-electron chi connectivity index (χ0n) is 12.9. The molecular weight excluding hydrogens is 290 g/mol. The summed E-state index contributed by atoms with van der Waals surface area (Å²) in [7, 11) is 0. The molecule has 0 N–H and O–H groups in total. The standard InChI is InChI=1S/C18H17N3S/c1-12-4-8-14(9-5-12)16-19-17(21-18(20-16)22-3)15-10-6-13(2)7-11-15/h4-11H,1-3H3. The molecule has 0 saturated carbocycles. The summed E-state index contributed by atoms with van der Waals surface area (Å²) in [5.41, 5.74) is 4.47. The zero-order chi connectivity index (χ0) is 15.5. The van der Waals surface area contributed by atoms with Crippen LogP contribution in [0.1, 0.15) is 11.1 Å². The van der Waals surface area contributed by atoms with Gasteiger partial charge in [0.25, 0.3) is 0 Å². The van der Waals surface area contributed by atoms with Crippen LogP contribution in [0.2, 0.25) is 0 Å². The minimum Gasteiger partial charge on any atom is -0.208 e. The monoisotopic (exact) mass is 307 g/mol. The lowest BCUT2D eigenvalue weighted by atomic mass is 10.1. The molecule has 0 amide bonds. The quantitative estimate of drug-likeness (QED) is 0.666. The molecular formula is C18H17N3S. The Balaban J connectivity index is 2.10. The molecule has 1 aromatic heterocycles. The van der Waals surface area contributed by atoms with E-state index in [4.69, 9.17) is 0 Å². The van der Waals surface area contributed by atoms with Crippen molar-refractivity contribution in [3.05, 3.63) is 59.7 Å². The van der Waals surface area contributed by atoms with Gasteiger partial charge in [-0.1, -0.05) is 71.4 Å². The molecule has 0 spiro atoms. The van der Waals surface area contributed by atoms with Crippen LogP contribution in [-0.2, 0) is 0 Å². The van der Waals surface area contributed by atoms with E-state index in [1.807, 2.05) is 30.5 Å². The smallest absolute Gasteiger partial charge is 0.191 e. The van der Waals surface area contributed by atoms with Gasteiger partial charge in [-0.25, -0.2) is 15.0 Å². The fraction of sp³-hybridized carbons (Fsp3) is 0.167. The summed E-state index contributed by atoms with van der Waals surface area (Å²) in [5, 5.41) is 0.737. The van der Waals surface area contributed by atoms with Crippen molar-refractivity contribution in [1.29, 1.82) is 0 Å². The van der Waals surface area contributed by atoms with E-state index in [1.54, 1.807) is 0 Å². The van der Waals surface area contributed by atoms with E-state index < -0.39 is 0 Å². The van der Waals surface area contributed by atoms with Gasteiger partial charge >= 0.3 is 0 Å². The lowest BCUT2D eigenvalue weighted by Gasteiger charge is -2.07. The Morgan fingerprint density at radius 1 is 0.636 bits per heavy atom. The fourth-order valence-corrected chi connectivity index (χ4v) is 2.47. The third-order valence-corrected chi connectivity index (χ3v) is 3.96. The van der Waals surface area contributed by atoms with Gasteiger partial charge in [0.1, 0.15) is 0 Å². The van der Waals surface area contributed by atoms with Crippen LogP contribution in [0.5, 0.6) is 0 Å². The molecule has 3 nitrogen and oxygen atoms in total. The van der Waals surface area contributed by atoms with E-state index in [0.29, 0.717) is 0 Å². The van der Waals surface area contributed by atoms with Crippen LogP contribution in [-0.4, -0.2) is 21.2 Å². The number of hydrogen-bond acceptors (Lipinski definition) is 4. The zero-order valence-corrected chi connectivity index (χ0v) is 13.7. The molecule has 0 bridgehead atoms. The first-order valence-corrected chi connectivity index (χ1v) is 8.32. The molecule has 0 radical (unpaired) electrons. The van der Waals surface area contributed by atoms with Crippen LogP contribution in [0.4, 0.5) is 0 Å². The third-order valence-electron chi connectivity index (χ3n) is 3.42. The topological polar surface area (TPSA) is 38.7 Å². The van der Waals surface area contributed by atoms with Gasteiger partial charge in [0.15, 0.2) is 16.8 Å². The second-order valence-corrected chi connectivity index (χ2v) is 5.97. The van der Waals surface area contributed by atoms with Crippen molar-refractivity contribution in [1.82, 2.24) is 15.0 Å². The van der Waals surface area contributed by atoms with Crippen LogP contribution in [0, 0.1) is 13.8 Å². The van der Waals surface area contributed by atoms with Crippen LogP contribution in [0.3, 0.4) is 0 Å². The maximum absolute atomic E-state index is 4.65. The maximum Gasteiger partial charge on any atom is 0.191 e. The Kier molecular flexibility index (Phi) is 4.20. The third kappa shape index (κ3) is 3.17. The van der Waals surface area contributed by atoms with Crippen molar-refractivity contribution in [2.24, 2.45) is 0 Å². The van der Waals surface area contributed by atoms with Crippen molar-refractivity contribution in [2.75, 3.05) is 6.26 Å².